The van der Waals surface area contributed by atoms with E-state index in [1.807, 2.05) is 6.07 Å². The summed E-state index contributed by atoms with van der Waals surface area (Å²) in [7, 11) is 1.72. The van der Waals surface area contributed by atoms with Crippen LogP contribution in [0.4, 0.5) is 10.8 Å². The van der Waals surface area contributed by atoms with E-state index in [0.29, 0.717) is 15.8 Å². The van der Waals surface area contributed by atoms with Crippen molar-refractivity contribution in [3.63, 3.8) is 0 Å². The van der Waals surface area contributed by atoms with Crippen LogP contribution in [0.1, 0.15) is 9.80 Å². The molecule has 0 saturated heterocycles. The van der Waals surface area contributed by atoms with E-state index in [9.17, 15) is 4.79 Å². The van der Waals surface area contributed by atoms with Gasteiger partial charge in [0.15, 0.2) is 0 Å². The number of nitrogens with one attached hydrogen (secondary N) is 2. The van der Waals surface area contributed by atoms with Crippen molar-refractivity contribution in [2.45, 2.75) is 0 Å². The van der Waals surface area contributed by atoms with Crippen molar-refractivity contribution >= 4 is 62.3 Å². The first-order valence-electron chi connectivity index (χ1n) is 4.88. The molecule has 0 radical (unpaired) electrons. The zero-order chi connectivity index (χ0) is 13.1. The first-order chi connectivity index (χ1) is 8.60. The van der Waals surface area contributed by atoms with E-state index >= 15 is 0 Å². The van der Waals surface area contributed by atoms with Crippen LogP contribution in [0.25, 0.3) is 0 Å². The van der Waals surface area contributed by atoms with Crippen LogP contribution in [0.3, 0.4) is 0 Å². The minimum atomic E-state index is -0.321. The number of nitrogens with zero attached hydrogens (tertiary/aromatic N) is 2. The topological polar surface area (TPSA) is 66.9 Å². The molecule has 0 aliphatic carbocycles. The maximum Gasteiger partial charge on any atom is 0.286 e. The number of carbonyl (C=O) groups is 1. The predicted octanol–water partition coefficient (Wildman–Crippen LogP) is 3.09. The number of benzene rings is 1. The standard InChI is InChI=1S/C10H8ClIN4OS/c1-13-10-16-15-9(18-10)8(17)14-7-4-5(12)2-3-6(7)11/h2-4H,1H3,(H,13,16)(H,14,17). The molecule has 2 aromatic rings. The number of anilines is 2. The molecule has 0 atom stereocenters. The van der Waals surface area contributed by atoms with E-state index in [2.05, 4.69) is 43.4 Å². The van der Waals surface area contributed by atoms with Gasteiger partial charge < -0.3 is 10.6 Å². The number of halogens is 2. The van der Waals surface area contributed by atoms with E-state index in [1.165, 1.54) is 11.3 Å². The van der Waals surface area contributed by atoms with Crippen LogP contribution in [0.5, 0.6) is 0 Å². The molecular weight excluding hydrogens is 387 g/mol. The van der Waals surface area contributed by atoms with E-state index in [0.717, 1.165) is 3.57 Å². The van der Waals surface area contributed by atoms with Gasteiger partial charge in [-0.05, 0) is 40.8 Å². The van der Waals surface area contributed by atoms with E-state index in [-0.39, 0.29) is 10.9 Å². The van der Waals surface area contributed by atoms with Gasteiger partial charge >= 0.3 is 0 Å². The molecule has 18 heavy (non-hydrogen) atoms. The fourth-order valence-electron chi connectivity index (χ4n) is 1.19. The first-order valence-corrected chi connectivity index (χ1v) is 7.15. The summed E-state index contributed by atoms with van der Waals surface area (Å²) in [4.78, 5) is 11.9. The summed E-state index contributed by atoms with van der Waals surface area (Å²) in [6.45, 7) is 0. The van der Waals surface area contributed by atoms with Crippen molar-refractivity contribution in [3.05, 3.63) is 31.8 Å². The van der Waals surface area contributed by atoms with Crippen LogP contribution in [0, 0.1) is 3.57 Å². The molecule has 1 aromatic heterocycles. The molecule has 8 heteroatoms. The summed E-state index contributed by atoms with van der Waals surface area (Å²) >= 11 is 9.33. The Kier molecular flexibility index (Phi) is 4.36. The lowest BCUT2D eigenvalue weighted by molar-refractivity contribution is 0.102. The molecule has 0 aliphatic rings. The second-order valence-corrected chi connectivity index (χ2v) is 5.87. The lowest BCUT2D eigenvalue weighted by Gasteiger charge is -2.05. The Morgan fingerprint density at radius 2 is 2.22 bits per heavy atom. The fourth-order valence-corrected chi connectivity index (χ4v) is 2.43. The largest absolute Gasteiger partial charge is 0.363 e. The zero-order valence-electron chi connectivity index (χ0n) is 9.20. The minimum absolute atomic E-state index is 0.286. The quantitative estimate of drug-likeness (QED) is 0.785. The van der Waals surface area contributed by atoms with Crippen molar-refractivity contribution in [1.82, 2.24) is 10.2 Å². The highest BCUT2D eigenvalue weighted by molar-refractivity contribution is 14.1. The lowest BCUT2D eigenvalue weighted by Crippen LogP contribution is -2.12. The number of rotatable bonds is 3. The number of hydrogen-bond acceptors (Lipinski definition) is 5. The number of amides is 1. The molecule has 0 fully saturated rings. The number of hydrogen-bond donors (Lipinski definition) is 2. The van der Waals surface area contributed by atoms with E-state index in [1.54, 1.807) is 19.2 Å². The Balaban J connectivity index is 2.18. The van der Waals surface area contributed by atoms with Crippen molar-refractivity contribution in [3.8, 4) is 0 Å². The van der Waals surface area contributed by atoms with E-state index in [4.69, 9.17) is 11.6 Å². The molecule has 2 N–H and O–H groups in total. The van der Waals surface area contributed by atoms with Gasteiger partial charge in [-0.2, -0.15) is 0 Å². The maximum absolute atomic E-state index is 11.9. The third kappa shape index (κ3) is 3.09. The summed E-state index contributed by atoms with van der Waals surface area (Å²) in [6, 6.07) is 5.39. The normalized spacial score (nSPS) is 10.2. The van der Waals surface area contributed by atoms with Crippen LogP contribution in [0.15, 0.2) is 18.2 Å². The molecule has 2 rings (SSSR count). The van der Waals surface area contributed by atoms with Crippen LogP contribution in [-0.2, 0) is 0 Å². The molecule has 0 spiro atoms. The minimum Gasteiger partial charge on any atom is -0.363 e. The second-order valence-electron chi connectivity index (χ2n) is 3.24. The third-order valence-corrected chi connectivity index (χ3v) is 3.95. The lowest BCUT2D eigenvalue weighted by atomic mass is 10.3. The average Bonchev–Trinajstić information content (AvgIpc) is 2.82. The summed E-state index contributed by atoms with van der Waals surface area (Å²) < 4.78 is 0.987. The van der Waals surface area contributed by atoms with Crippen molar-refractivity contribution in [2.75, 3.05) is 17.7 Å². The Morgan fingerprint density at radius 3 is 2.89 bits per heavy atom. The highest BCUT2D eigenvalue weighted by Crippen LogP contribution is 2.25. The highest BCUT2D eigenvalue weighted by Gasteiger charge is 2.14. The molecule has 0 aliphatic heterocycles. The Hall–Kier alpha value is -0.930. The summed E-state index contributed by atoms with van der Waals surface area (Å²) in [6.07, 6.45) is 0. The van der Waals surface area contributed by atoms with Crippen LogP contribution in [-0.4, -0.2) is 23.2 Å². The highest BCUT2D eigenvalue weighted by atomic mass is 127. The molecule has 94 valence electrons. The smallest absolute Gasteiger partial charge is 0.286 e. The molecular formula is C10H8ClIN4OS. The molecule has 0 bridgehead atoms. The first kappa shape index (κ1) is 13.5. The Bertz CT molecular complexity index is 589. The van der Waals surface area contributed by atoms with Gasteiger partial charge in [0, 0.05) is 10.6 Å². The van der Waals surface area contributed by atoms with Crippen molar-refractivity contribution in [2.24, 2.45) is 0 Å². The SMILES string of the molecule is CNc1nnc(C(=O)Nc2cc(I)ccc2Cl)s1. The fraction of sp³-hybridized carbons (Fsp3) is 0.100. The van der Waals surface area contributed by atoms with Gasteiger partial charge in [0.1, 0.15) is 0 Å². The molecule has 0 unspecified atom stereocenters. The average molecular weight is 395 g/mol. The monoisotopic (exact) mass is 394 g/mol. The van der Waals surface area contributed by atoms with Gasteiger partial charge in [0.25, 0.3) is 5.91 Å². The van der Waals surface area contributed by atoms with Crippen molar-refractivity contribution in [1.29, 1.82) is 0 Å². The van der Waals surface area contributed by atoms with Gasteiger partial charge in [-0.1, -0.05) is 22.9 Å². The maximum atomic E-state index is 11.9. The van der Waals surface area contributed by atoms with Gasteiger partial charge in [-0.25, -0.2) is 0 Å². The predicted molar refractivity (Wildman–Crippen MR) is 81.6 cm³/mol. The number of aromatic nitrogens is 2. The molecule has 5 nitrogen and oxygen atoms in total. The molecule has 1 heterocycles. The van der Waals surface area contributed by atoms with Gasteiger partial charge in [0.05, 0.1) is 10.7 Å². The summed E-state index contributed by atoms with van der Waals surface area (Å²) in [5.74, 6) is -0.321. The van der Waals surface area contributed by atoms with Crippen LogP contribution < -0.4 is 10.6 Å². The van der Waals surface area contributed by atoms with Gasteiger partial charge in [-0.3, -0.25) is 4.79 Å². The van der Waals surface area contributed by atoms with Crippen LogP contribution in [0.2, 0.25) is 5.02 Å². The molecule has 0 saturated carbocycles. The molecule has 1 amide bonds. The zero-order valence-corrected chi connectivity index (χ0v) is 12.9. The Labute approximate surface area is 126 Å². The van der Waals surface area contributed by atoms with Gasteiger partial charge in [-0.15, -0.1) is 10.2 Å². The summed E-state index contributed by atoms with van der Waals surface area (Å²) in [5.41, 5.74) is 0.565. The molecule has 1 aromatic carbocycles. The Morgan fingerprint density at radius 1 is 1.44 bits per heavy atom. The summed E-state index contributed by atoms with van der Waals surface area (Å²) in [5, 5.41) is 14.5. The van der Waals surface area contributed by atoms with Crippen molar-refractivity contribution < 1.29 is 4.79 Å². The number of carbonyl (C=O) groups excluding carboxylic acids is 1. The van der Waals surface area contributed by atoms with E-state index < -0.39 is 0 Å². The second kappa shape index (κ2) is 5.81. The van der Waals surface area contributed by atoms with Crippen LogP contribution >= 0.6 is 45.5 Å². The third-order valence-electron chi connectivity index (χ3n) is 2.01. The van der Waals surface area contributed by atoms with Gasteiger partial charge in [0.2, 0.25) is 10.1 Å².